The van der Waals surface area contributed by atoms with Crippen molar-refractivity contribution >= 4 is 50.9 Å². The molecule has 0 saturated carbocycles. The van der Waals surface area contributed by atoms with Gasteiger partial charge in [0.25, 0.3) is 5.91 Å². The van der Waals surface area contributed by atoms with Crippen LogP contribution in [0.2, 0.25) is 10.0 Å². The predicted molar refractivity (Wildman–Crippen MR) is 198 cm³/mol. The van der Waals surface area contributed by atoms with E-state index < -0.39 is 11.6 Å². The molecule has 10 heteroatoms. The number of rotatable bonds is 13. The number of benzene rings is 5. The van der Waals surface area contributed by atoms with Crippen molar-refractivity contribution in [3.05, 3.63) is 158 Å². The minimum atomic E-state index is -1.40. The summed E-state index contributed by atoms with van der Waals surface area (Å²) < 4.78 is 13.4. The van der Waals surface area contributed by atoms with E-state index >= 15 is 0 Å². The van der Waals surface area contributed by atoms with Gasteiger partial charge in [0.1, 0.15) is 5.75 Å². The van der Waals surface area contributed by atoms with Crippen LogP contribution in [0.5, 0.6) is 5.75 Å². The third-order valence-corrected chi connectivity index (χ3v) is 9.35. The van der Waals surface area contributed by atoms with Crippen LogP contribution in [0.25, 0.3) is 11.1 Å². The summed E-state index contributed by atoms with van der Waals surface area (Å²) in [4.78, 5) is 19.7. The topological polar surface area (TPSA) is 92.2 Å². The van der Waals surface area contributed by atoms with Gasteiger partial charge in [0.15, 0.2) is 11.6 Å². The van der Waals surface area contributed by atoms with E-state index in [9.17, 15) is 4.79 Å². The van der Waals surface area contributed by atoms with Gasteiger partial charge in [0.05, 0.1) is 6.61 Å². The molecule has 0 saturated heterocycles. The molecule has 6 rings (SSSR count). The molecule has 1 heterocycles. The van der Waals surface area contributed by atoms with Crippen molar-refractivity contribution in [1.29, 1.82) is 0 Å². The number of hydrogen-bond donors (Lipinski definition) is 3. The van der Waals surface area contributed by atoms with Crippen molar-refractivity contribution < 1.29 is 19.4 Å². The Morgan fingerprint density at radius 1 is 0.878 bits per heavy atom. The Labute approximate surface area is 304 Å². The van der Waals surface area contributed by atoms with Crippen LogP contribution in [0.3, 0.4) is 0 Å². The lowest BCUT2D eigenvalue weighted by molar-refractivity contribution is -0.130. The van der Waals surface area contributed by atoms with Gasteiger partial charge in [-0.3, -0.25) is 10.2 Å². The van der Waals surface area contributed by atoms with Crippen molar-refractivity contribution in [2.24, 2.45) is 4.99 Å². The van der Waals surface area contributed by atoms with Crippen molar-refractivity contribution in [2.45, 2.75) is 31.0 Å². The molecule has 0 aromatic heterocycles. The Hall–Kier alpha value is -4.18. The van der Waals surface area contributed by atoms with E-state index in [0.717, 1.165) is 32.3 Å². The average Bonchev–Trinajstić information content (AvgIpc) is 3.51. The third kappa shape index (κ3) is 8.35. The second kappa shape index (κ2) is 16.0. The van der Waals surface area contributed by atoms with Crippen LogP contribution in [-0.2, 0) is 22.5 Å². The molecule has 2 atom stereocenters. The molecule has 250 valence electrons. The van der Waals surface area contributed by atoms with E-state index in [1.54, 1.807) is 12.1 Å². The fourth-order valence-electron chi connectivity index (χ4n) is 5.67. The molecule has 0 fully saturated rings. The first kappa shape index (κ1) is 34.7. The van der Waals surface area contributed by atoms with Gasteiger partial charge in [-0.05, 0) is 76.3 Å². The second-order valence-electron chi connectivity index (χ2n) is 11.6. The Balaban J connectivity index is 1.37. The van der Waals surface area contributed by atoms with Crippen LogP contribution in [0.1, 0.15) is 34.8 Å². The van der Waals surface area contributed by atoms with Gasteiger partial charge in [-0.25, -0.2) is 10.4 Å². The van der Waals surface area contributed by atoms with Crippen LogP contribution in [-0.4, -0.2) is 35.7 Å². The van der Waals surface area contributed by atoms with Crippen LogP contribution >= 0.6 is 39.1 Å². The Morgan fingerprint density at radius 2 is 1.57 bits per heavy atom. The SMILES string of the molecule is O=C(NNCc1ccc(Cl)cc1Cl)[C@@]1(Cc2ccc(Br)cc2)N=C(c2ccc(OCCCO)cc2)O[C@H]1c1ccc(-c2ccccc2)cc1. The molecular formula is C39H34BrCl2N3O4. The van der Waals surface area contributed by atoms with Gasteiger partial charge in [-0.2, -0.15) is 0 Å². The standard InChI is InChI=1S/C39H34BrCl2N3O4/c40-32-16-7-26(8-17-32)24-39(38(47)45-43-25-31-13-18-33(41)23-35(31)42)36(29-11-9-28(10-12-29)27-5-2-1-3-6-27)49-37(44-39)30-14-19-34(20-15-30)48-22-4-21-46/h1-3,5-20,23,36,43,46H,4,21-22,24-25H2,(H,45,47)/t36-,39-/m0/s1. The highest BCUT2D eigenvalue weighted by atomic mass is 79.9. The van der Waals surface area contributed by atoms with Crippen molar-refractivity contribution in [3.8, 4) is 16.9 Å². The molecule has 5 aromatic rings. The fourth-order valence-corrected chi connectivity index (χ4v) is 6.41. The molecule has 3 N–H and O–H groups in total. The number of aliphatic hydroxyl groups is 1. The summed E-state index contributed by atoms with van der Waals surface area (Å²) in [5.41, 5.74) is 9.89. The van der Waals surface area contributed by atoms with E-state index in [1.165, 1.54) is 0 Å². The zero-order chi connectivity index (χ0) is 34.2. The number of aliphatic hydroxyl groups excluding tert-OH is 1. The van der Waals surface area contributed by atoms with Gasteiger partial charge in [0.2, 0.25) is 5.90 Å². The van der Waals surface area contributed by atoms with E-state index in [2.05, 4.69) is 38.9 Å². The van der Waals surface area contributed by atoms with Crippen LogP contribution < -0.4 is 15.6 Å². The number of aliphatic imine (C=N–C) groups is 1. The number of halogens is 3. The highest BCUT2D eigenvalue weighted by Gasteiger charge is 2.53. The molecule has 0 unspecified atom stereocenters. The summed E-state index contributed by atoms with van der Waals surface area (Å²) in [5.74, 6) is 0.636. The number of nitrogens with zero attached hydrogens (tertiary/aromatic N) is 1. The Kier molecular flexibility index (Phi) is 11.3. The van der Waals surface area contributed by atoms with Gasteiger partial charge < -0.3 is 14.6 Å². The van der Waals surface area contributed by atoms with Gasteiger partial charge in [-0.15, -0.1) is 0 Å². The molecule has 0 spiro atoms. The summed E-state index contributed by atoms with van der Waals surface area (Å²) in [7, 11) is 0. The minimum Gasteiger partial charge on any atom is -0.494 e. The smallest absolute Gasteiger partial charge is 0.266 e. The maximum atomic E-state index is 14.6. The van der Waals surface area contributed by atoms with Gasteiger partial charge in [0, 0.05) is 46.1 Å². The first-order chi connectivity index (χ1) is 23.8. The summed E-state index contributed by atoms with van der Waals surface area (Å²) in [6.07, 6.45) is 0.0261. The maximum absolute atomic E-state index is 14.6. The van der Waals surface area contributed by atoms with Crippen molar-refractivity contribution in [3.63, 3.8) is 0 Å². The highest BCUT2D eigenvalue weighted by molar-refractivity contribution is 9.10. The number of nitrogens with one attached hydrogen (secondary N) is 2. The molecule has 1 amide bonds. The normalized spacial score (nSPS) is 16.9. The molecule has 49 heavy (non-hydrogen) atoms. The van der Waals surface area contributed by atoms with Crippen LogP contribution in [0.4, 0.5) is 0 Å². The number of hydrazine groups is 1. The number of ether oxygens (including phenoxy) is 2. The maximum Gasteiger partial charge on any atom is 0.266 e. The first-order valence-corrected chi connectivity index (χ1v) is 17.4. The highest BCUT2D eigenvalue weighted by Crippen LogP contribution is 2.43. The predicted octanol–water partition coefficient (Wildman–Crippen LogP) is 8.50. The molecular weight excluding hydrogens is 725 g/mol. The van der Waals surface area contributed by atoms with E-state index in [4.69, 9.17) is 42.8 Å². The monoisotopic (exact) mass is 757 g/mol. The molecule has 1 aliphatic rings. The van der Waals surface area contributed by atoms with Gasteiger partial charge >= 0.3 is 0 Å². The zero-order valence-corrected chi connectivity index (χ0v) is 29.5. The average molecular weight is 760 g/mol. The molecule has 0 bridgehead atoms. The summed E-state index contributed by atoms with van der Waals surface area (Å²) in [5, 5.41) is 10.1. The van der Waals surface area contributed by atoms with Crippen molar-refractivity contribution in [2.75, 3.05) is 13.2 Å². The van der Waals surface area contributed by atoms with E-state index in [-0.39, 0.29) is 25.5 Å². The third-order valence-electron chi connectivity index (χ3n) is 8.23. The zero-order valence-electron chi connectivity index (χ0n) is 26.4. The lowest BCUT2D eigenvalue weighted by Gasteiger charge is -2.31. The van der Waals surface area contributed by atoms with Gasteiger partial charge in [-0.1, -0.05) is 112 Å². The quantitative estimate of drug-likeness (QED) is 0.0828. The minimum absolute atomic E-state index is 0.0561. The molecule has 0 radical (unpaired) electrons. The van der Waals surface area contributed by atoms with E-state index in [1.807, 2.05) is 97.1 Å². The van der Waals surface area contributed by atoms with E-state index in [0.29, 0.717) is 40.3 Å². The molecule has 5 aromatic carbocycles. The Morgan fingerprint density at radius 3 is 2.27 bits per heavy atom. The number of amides is 1. The summed E-state index contributed by atoms with van der Waals surface area (Å²) in [6, 6.07) is 38.6. The summed E-state index contributed by atoms with van der Waals surface area (Å²) in [6.45, 7) is 0.724. The Bertz CT molecular complexity index is 1910. The molecule has 1 aliphatic heterocycles. The second-order valence-corrected chi connectivity index (χ2v) is 13.4. The largest absolute Gasteiger partial charge is 0.494 e. The number of carbonyl (C=O) groups excluding carboxylic acids is 1. The number of hydrogen-bond acceptors (Lipinski definition) is 6. The lowest BCUT2D eigenvalue weighted by atomic mass is 9.82. The lowest BCUT2D eigenvalue weighted by Crippen LogP contribution is -2.53. The van der Waals surface area contributed by atoms with Crippen LogP contribution in [0.15, 0.2) is 131 Å². The molecule has 7 nitrogen and oxygen atoms in total. The molecule has 0 aliphatic carbocycles. The number of carbonyl (C=O) groups is 1. The fraction of sp³-hybridized carbons (Fsp3) is 0.179. The summed E-state index contributed by atoms with van der Waals surface area (Å²) >= 11 is 16.0. The van der Waals surface area contributed by atoms with Crippen molar-refractivity contribution in [1.82, 2.24) is 10.9 Å². The van der Waals surface area contributed by atoms with Crippen LogP contribution in [0, 0.1) is 0 Å². The first-order valence-electron chi connectivity index (χ1n) is 15.8.